The number of benzene rings is 1. The van der Waals surface area contributed by atoms with Crippen LogP contribution in [0.25, 0.3) is 0 Å². The number of methoxy groups -OCH3 is 3. The van der Waals surface area contributed by atoms with E-state index >= 15 is 0 Å². The molecule has 0 bridgehead atoms. The van der Waals surface area contributed by atoms with Crippen molar-refractivity contribution in [3.8, 4) is 0 Å². The molecule has 0 aromatic heterocycles. The van der Waals surface area contributed by atoms with Crippen molar-refractivity contribution in [2.45, 2.75) is 31.3 Å². The summed E-state index contributed by atoms with van der Waals surface area (Å²) in [5.74, 6) is 0. The van der Waals surface area contributed by atoms with Gasteiger partial charge in [-0.2, -0.15) is 0 Å². The summed E-state index contributed by atoms with van der Waals surface area (Å²) in [5, 5.41) is 0. The quantitative estimate of drug-likeness (QED) is 0.747. The molecule has 2 unspecified atom stereocenters. The van der Waals surface area contributed by atoms with Gasteiger partial charge in [0.05, 0.1) is 6.10 Å². The number of nitrogens with zero attached hydrogens (tertiary/aromatic N) is 1. The third kappa shape index (κ3) is 3.20. The maximum Gasteiger partial charge on any atom is 0.169 e. The number of hydrogen-bond acceptors (Lipinski definition) is 4. The van der Waals surface area contributed by atoms with Crippen molar-refractivity contribution in [2.24, 2.45) is 0 Å². The van der Waals surface area contributed by atoms with Gasteiger partial charge < -0.3 is 14.2 Å². The number of likely N-dealkylation sites (N-methyl/N-ethyl adjacent to an activating group) is 1. The molecule has 2 atom stereocenters. The van der Waals surface area contributed by atoms with Crippen LogP contribution in [0.4, 0.5) is 0 Å². The molecule has 0 saturated carbocycles. The van der Waals surface area contributed by atoms with Crippen molar-refractivity contribution in [1.82, 2.24) is 4.90 Å². The highest BCUT2D eigenvalue weighted by Crippen LogP contribution is 2.34. The van der Waals surface area contributed by atoms with Gasteiger partial charge in [-0.25, -0.2) is 0 Å². The lowest BCUT2D eigenvalue weighted by molar-refractivity contribution is -0.124. The minimum atomic E-state index is -0.199. The Kier molecular flexibility index (Phi) is 5.54. The summed E-state index contributed by atoms with van der Waals surface area (Å²) in [6.45, 7) is 0.736. The van der Waals surface area contributed by atoms with Crippen LogP contribution in [0.5, 0.6) is 0 Å². The Bertz CT molecular complexity index is 420. The molecule has 112 valence electrons. The molecule has 0 radical (unpaired) electrons. The molecule has 0 saturated heterocycles. The van der Waals surface area contributed by atoms with E-state index in [4.69, 9.17) is 14.2 Å². The highest BCUT2D eigenvalue weighted by molar-refractivity contribution is 5.33. The number of rotatable bonds is 6. The Morgan fingerprint density at radius 3 is 2.55 bits per heavy atom. The largest absolute Gasteiger partial charge is 0.375 e. The normalized spacial score (nSPS) is 22.3. The van der Waals surface area contributed by atoms with E-state index in [1.54, 1.807) is 21.3 Å². The van der Waals surface area contributed by atoms with Crippen LogP contribution >= 0.6 is 0 Å². The van der Waals surface area contributed by atoms with E-state index in [0.717, 1.165) is 19.4 Å². The minimum Gasteiger partial charge on any atom is -0.375 e. The second kappa shape index (κ2) is 7.18. The molecule has 0 fully saturated rings. The van der Waals surface area contributed by atoms with E-state index in [9.17, 15) is 0 Å². The van der Waals surface area contributed by atoms with E-state index in [2.05, 4.69) is 36.2 Å². The Hall–Kier alpha value is -0.940. The smallest absolute Gasteiger partial charge is 0.169 e. The van der Waals surface area contributed by atoms with Crippen molar-refractivity contribution in [1.29, 1.82) is 0 Å². The highest BCUT2D eigenvalue weighted by atomic mass is 16.7. The standard InChI is InChI=1S/C16H25NO3/c1-17(11-15(18-2)19-3)14-10-9-12-7-5-6-8-13(12)16(14)20-4/h5-8,14-16H,9-11H2,1-4H3. The lowest BCUT2D eigenvalue weighted by Crippen LogP contribution is -2.44. The Morgan fingerprint density at radius 1 is 1.20 bits per heavy atom. The van der Waals surface area contributed by atoms with Gasteiger partial charge in [0.25, 0.3) is 0 Å². The van der Waals surface area contributed by atoms with Crippen molar-refractivity contribution >= 4 is 0 Å². The van der Waals surface area contributed by atoms with Crippen molar-refractivity contribution < 1.29 is 14.2 Å². The lowest BCUT2D eigenvalue weighted by atomic mass is 9.85. The minimum absolute atomic E-state index is 0.110. The van der Waals surface area contributed by atoms with Gasteiger partial charge in [0.1, 0.15) is 0 Å². The fourth-order valence-electron chi connectivity index (χ4n) is 3.05. The Morgan fingerprint density at radius 2 is 1.90 bits per heavy atom. The lowest BCUT2D eigenvalue weighted by Gasteiger charge is -2.39. The van der Waals surface area contributed by atoms with Crippen LogP contribution < -0.4 is 0 Å². The molecule has 1 aromatic rings. The van der Waals surface area contributed by atoms with Crippen LogP contribution in [0.15, 0.2) is 24.3 Å². The summed E-state index contributed by atoms with van der Waals surface area (Å²) in [4.78, 5) is 2.28. The molecule has 1 aliphatic rings. The second-order valence-corrected chi connectivity index (χ2v) is 5.30. The third-order valence-electron chi connectivity index (χ3n) is 4.20. The predicted octanol–water partition coefficient (Wildman–Crippen LogP) is 2.24. The number of aryl methyl sites for hydroxylation is 1. The summed E-state index contributed by atoms with van der Waals surface area (Å²) >= 11 is 0. The fourth-order valence-corrected chi connectivity index (χ4v) is 3.05. The molecule has 0 spiro atoms. The van der Waals surface area contributed by atoms with Gasteiger partial charge in [-0.05, 0) is 31.0 Å². The number of ether oxygens (including phenoxy) is 3. The molecule has 4 nitrogen and oxygen atoms in total. The predicted molar refractivity (Wildman–Crippen MR) is 78.7 cm³/mol. The van der Waals surface area contributed by atoms with E-state index in [-0.39, 0.29) is 12.4 Å². The average Bonchev–Trinajstić information content (AvgIpc) is 2.51. The zero-order chi connectivity index (χ0) is 14.5. The Balaban J connectivity index is 2.13. The van der Waals surface area contributed by atoms with Crippen LogP contribution in [-0.2, 0) is 20.6 Å². The molecule has 4 heteroatoms. The molecule has 20 heavy (non-hydrogen) atoms. The van der Waals surface area contributed by atoms with Gasteiger partial charge in [-0.1, -0.05) is 24.3 Å². The first-order valence-electron chi connectivity index (χ1n) is 7.07. The van der Waals surface area contributed by atoms with Gasteiger partial charge in [-0.3, -0.25) is 4.90 Å². The zero-order valence-electron chi connectivity index (χ0n) is 12.8. The second-order valence-electron chi connectivity index (χ2n) is 5.30. The molecule has 0 heterocycles. The molecule has 1 aromatic carbocycles. The van der Waals surface area contributed by atoms with E-state index in [1.165, 1.54) is 11.1 Å². The van der Waals surface area contributed by atoms with E-state index in [1.807, 2.05) is 0 Å². The fraction of sp³-hybridized carbons (Fsp3) is 0.625. The zero-order valence-corrected chi connectivity index (χ0v) is 12.8. The van der Waals surface area contributed by atoms with E-state index in [0.29, 0.717) is 6.04 Å². The number of hydrogen-bond donors (Lipinski definition) is 0. The van der Waals surface area contributed by atoms with Crippen molar-refractivity contribution in [2.75, 3.05) is 34.9 Å². The van der Waals surface area contributed by atoms with Gasteiger partial charge in [0, 0.05) is 33.9 Å². The maximum atomic E-state index is 5.78. The van der Waals surface area contributed by atoms with Crippen LogP contribution in [0, 0.1) is 0 Å². The molecular formula is C16H25NO3. The first-order valence-corrected chi connectivity index (χ1v) is 7.07. The van der Waals surface area contributed by atoms with Crippen LogP contribution in [-0.4, -0.2) is 52.2 Å². The maximum absolute atomic E-state index is 5.78. The highest BCUT2D eigenvalue weighted by Gasteiger charge is 2.32. The van der Waals surface area contributed by atoms with Crippen molar-refractivity contribution in [3.05, 3.63) is 35.4 Å². The SMILES string of the molecule is COC(CN(C)C1CCc2ccccc2C1OC)OC. The van der Waals surface area contributed by atoms with Gasteiger partial charge in [0.2, 0.25) is 0 Å². The van der Waals surface area contributed by atoms with Gasteiger partial charge >= 0.3 is 0 Å². The van der Waals surface area contributed by atoms with Crippen LogP contribution in [0.2, 0.25) is 0 Å². The summed E-state index contributed by atoms with van der Waals surface area (Å²) in [6.07, 6.45) is 2.09. The molecule has 1 aliphatic carbocycles. The van der Waals surface area contributed by atoms with Gasteiger partial charge in [-0.15, -0.1) is 0 Å². The molecule has 0 aliphatic heterocycles. The van der Waals surface area contributed by atoms with Gasteiger partial charge in [0.15, 0.2) is 6.29 Å². The summed E-state index contributed by atoms with van der Waals surface area (Å²) < 4.78 is 16.4. The third-order valence-corrected chi connectivity index (χ3v) is 4.20. The van der Waals surface area contributed by atoms with Crippen LogP contribution in [0.1, 0.15) is 23.7 Å². The molecule has 0 amide bonds. The summed E-state index contributed by atoms with van der Waals surface area (Å²) in [7, 11) is 7.24. The summed E-state index contributed by atoms with van der Waals surface area (Å²) in [5.41, 5.74) is 2.71. The van der Waals surface area contributed by atoms with E-state index < -0.39 is 0 Å². The Labute approximate surface area is 121 Å². The monoisotopic (exact) mass is 279 g/mol. The molecule has 2 rings (SSSR count). The summed E-state index contributed by atoms with van der Waals surface area (Å²) in [6, 6.07) is 8.91. The first-order chi connectivity index (χ1) is 9.71. The topological polar surface area (TPSA) is 30.9 Å². The van der Waals surface area contributed by atoms with Crippen LogP contribution in [0.3, 0.4) is 0 Å². The first kappa shape index (κ1) is 15.4. The number of fused-ring (bicyclic) bond motifs is 1. The molecular weight excluding hydrogens is 254 g/mol. The average molecular weight is 279 g/mol. The molecule has 0 N–H and O–H groups in total. The van der Waals surface area contributed by atoms with Crippen molar-refractivity contribution in [3.63, 3.8) is 0 Å².